The van der Waals surface area contributed by atoms with Crippen LogP contribution in [0.25, 0.3) is 0 Å². The highest BCUT2D eigenvalue weighted by Crippen LogP contribution is 2.43. The Hall–Kier alpha value is -0.240. The zero-order valence-corrected chi connectivity index (χ0v) is 12.2. The highest BCUT2D eigenvalue weighted by Gasteiger charge is 2.32. The molecule has 1 saturated carbocycles. The molecule has 18 heavy (non-hydrogen) atoms. The summed E-state index contributed by atoms with van der Waals surface area (Å²) in [5, 5.41) is 11.8. The Bertz CT molecular complexity index is 385. The van der Waals surface area contributed by atoms with Crippen LogP contribution < -0.4 is 0 Å². The van der Waals surface area contributed by atoms with Crippen LogP contribution in [0.1, 0.15) is 50.7 Å². The van der Waals surface area contributed by atoms with E-state index in [1.165, 1.54) is 19.3 Å². The van der Waals surface area contributed by atoms with Gasteiger partial charge >= 0.3 is 0 Å². The fourth-order valence-electron chi connectivity index (χ4n) is 3.17. The molecule has 0 aliphatic heterocycles. The van der Waals surface area contributed by atoms with Gasteiger partial charge in [-0.2, -0.15) is 0 Å². The van der Waals surface area contributed by atoms with Crippen molar-refractivity contribution in [2.45, 2.75) is 45.1 Å². The number of benzene rings is 1. The molecular weight excluding hydrogens is 267 g/mol. The number of rotatable bonds is 3. The quantitative estimate of drug-likeness (QED) is 0.805. The first-order valence-electron chi connectivity index (χ1n) is 6.77. The summed E-state index contributed by atoms with van der Waals surface area (Å²) >= 11 is 12.4. The SMILES string of the molecule is CCC1CCCCC1C(O)c1c(Cl)cccc1Cl. The highest BCUT2D eigenvalue weighted by atomic mass is 35.5. The smallest absolute Gasteiger partial charge is 0.0849 e. The number of hydrogen-bond donors (Lipinski definition) is 1. The van der Waals surface area contributed by atoms with Gasteiger partial charge in [-0.1, -0.05) is 61.9 Å². The summed E-state index contributed by atoms with van der Waals surface area (Å²) in [6, 6.07) is 5.42. The van der Waals surface area contributed by atoms with Crippen molar-refractivity contribution in [3.05, 3.63) is 33.8 Å². The molecule has 0 aromatic heterocycles. The maximum atomic E-state index is 10.6. The summed E-state index contributed by atoms with van der Waals surface area (Å²) in [6.07, 6.45) is 5.33. The fourth-order valence-corrected chi connectivity index (χ4v) is 3.79. The number of hydrogen-bond acceptors (Lipinski definition) is 1. The molecule has 1 aliphatic carbocycles. The van der Waals surface area contributed by atoms with Crippen molar-refractivity contribution in [2.75, 3.05) is 0 Å². The second-order valence-corrected chi connectivity index (χ2v) is 6.01. The molecule has 0 amide bonds. The first-order chi connectivity index (χ1) is 8.65. The van der Waals surface area contributed by atoms with E-state index >= 15 is 0 Å². The van der Waals surface area contributed by atoms with E-state index in [0.717, 1.165) is 12.8 Å². The van der Waals surface area contributed by atoms with E-state index in [1.54, 1.807) is 12.1 Å². The first-order valence-corrected chi connectivity index (χ1v) is 7.52. The van der Waals surface area contributed by atoms with Crippen LogP contribution in [-0.2, 0) is 0 Å². The van der Waals surface area contributed by atoms with Crippen molar-refractivity contribution >= 4 is 23.2 Å². The first kappa shape index (κ1) is 14.2. The lowest BCUT2D eigenvalue weighted by molar-refractivity contribution is 0.0453. The summed E-state index contributed by atoms with van der Waals surface area (Å²) in [5.41, 5.74) is 0.714. The Morgan fingerprint density at radius 2 is 1.83 bits per heavy atom. The van der Waals surface area contributed by atoms with Gasteiger partial charge in [0.1, 0.15) is 0 Å². The predicted molar refractivity (Wildman–Crippen MR) is 77.2 cm³/mol. The van der Waals surface area contributed by atoms with Crippen LogP contribution in [0, 0.1) is 11.8 Å². The monoisotopic (exact) mass is 286 g/mol. The molecule has 1 N–H and O–H groups in total. The lowest BCUT2D eigenvalue weighted by atomic mass is 9.73. The van der Waals surface area contributed by atoms with Gasteiger partial charge in [0.05, 0.1) is 6.10 Å². The predicted octanol–water partition coefficient (Wildman–Crippen LogP) is 5.24. The van der Waals surface area contributed by atoms with E-state index in [1.807, 2.05) is 6.07 Å². The van der Waals surface area contributed by atoms with Gasteiger partial charge in [-0.05, 0) is 30.4 Å². The lowest BCUT2D eigenvalue weighted by Gasteiger charge is -2.35. The van der Waals surface area contributed by atoms with E-state index < -0.39 is 6.10 Å². The average molecular weight is 287 g/mol. The molecular formula is C15H20Cl2O. The number of halogens is 2. The summed E-state index contributed by atoms with van der Waals surface area (Å²) < 4.78 is 0. The minimum absolute atomic E-state index is 0.293. The molecule has 3 heteroatoms. The van der Waals surface area contributed by atoms with Gasteiger partial charge in [0.2, 0.25) is 0 Å². The molecule has 1 fully saturated rings. The Kier molecular flexibility index (Phi) is 4.94. The molecule has 1 nitrogen and oxygen atoms in total. The van der Waals surface area contributed by atoms with Crippen molar-refractivity contribution in [3.8, 4) is 0 Å². The van der Waals surface area contributed by atoms with Crippen LogP contribution in [0.3, 0.4) is 0 Å². The molecule has 3 unspecified atom stereocenters. The zero-order chi connectivity index (χ0) is 13.1. The van der Waals surface area contributed by atoms with Gasteiger partial charge in [0, 0.05) is 15.6 Å². The summed E-state index contributed by atoms with van der Waals surface area (Å²) in [5.74, 6) is 0.877. The van der Waals surface area contributed by atoms with E-state index in [4.69, 9.17) is 23.2 Å². The van der Waals surface area contributed by atoms with Gasteiger partial charge in [-0.3, -0.25) is 0 Å². The van der Waals surface area contributed by atoms with Crippen molar-refractivity contribution in [1.29, 1.82) is 0 Å². The third-order valence-electron chi connectivity index (χ3n) is 4.19. The van der Waals surface area contributed by atoms with E-state index in [9.17, 15) is 5.11 Å². The lowest BCUT2D eigenvalue weighted by Crippen LogP contribution is -2.25. The summed E-state index contributed by atoms with van der Waals surface area (Å²) in [7, 11) is 0. The van der Waals surface area contributed by atoms with E-state index in [-0.39, 0.29) is 0 Å². The molecule has 1 aliphatic rings. The fraction of sp³-hybridized carbons (Fsp3) is 0.600. The van der Waals surface area contributed by atoms with Gasteiger partial charge in [-0.25, -0.2) is 0 Å². The topological polar surface area (TPSA) is 20.2 Å². The van der Waals surface area contributed by atoms with Crippen molar-refractivity contribution in [1.82, 2.24) is 0 Å². The zero-order valence-electron chi connectivity index (χ0n) is 10.7. The maximum Gasteiger partial charge on any atom is 0.0849 e. The third-order valence-corrected chi connectivity index (χ3v) is 4.85. The van der Waals surface area contributed by atoms with Crippen LogP contribution in [0.5, 0.6) is 0 Å². The molecule has 0 radical (unpaired) electrons. The standard InChI is InChI=1S/C15H20Cl2O/c1-2-10-6-3-4-7-11(10)15(18)14-12(16)8-5-9-13(14)17/h5,8-11,15,18H,2-4,6-7H2,1H3. The van der Waals surface area contributed by atoms with Crippen molar-refractivity contribution in [3.63, 3.8) is 0 Å². The van der Waals surface area contributed by atoms with Crippen LogP contribution in [-0.4, -0.2) is 5.11 Å². The van der Waals surface area contributed by atoms with Gasteiger partial charge < -0.3 is 5.11 Å². The Balaban J connectivity index is 2.26. The van der Waals surface area contributed by atoms with Crippen molar-refractivity contribution < 1.29 is 5.11 Å². The molecule has 2 rings (SSSR count). The Labute approximate surface area is 119 Å². The normalized spacial score (nSPS) is 26.0. The van der Waals surface area contributed by atoms with Gasteiger partial charge in [0.25, 0.3) is 0 Å². The molecule has 1 aromatic rings. The second kappa shape index (κ2) is 6.27. The molecule has 0 bridgehead atoms. The van der Waals surface area contributed by atoms with Crippen LogP contribution in [0.4, 0.5) is 0 Å². The minimum atomic E-state index is -0.531. The molecule has 1 aromatic carbocycles. The van der Waals surface area contributed by atoms with Crippen molar-refractivity contribution in [2.24, 2.45) is 11.8 Å². The van der Waals surface area contributed by atoms with Crippen LogP contribution in [0.2, 0.25) is 10.0 Å². The molecule has 0 spiro atoms. The van der Waals surface area contributed by atoms with Gasteiger partial charge in [-0.15, -0.1) is 0 Å². The summed E-state index contributed by atoms with van der Waals surface area (Å²) in [4.78, 5) is 0. The molecule has 3 atom stereocenters. The third kappa shape index (κ3) is 2.84. The second-order valence-electron chi connectivity index (χ2n) is 5.20. The summed E-state index contributed by atoms with van der Waals surface area (Å²) in [6.45, 7) is 2.20. The van der Waals surface area contributed by atoms with E-state index in [2.05, 4.69) is 6.92 Å². The minimum Gasteiger partial charge on any atom is -0.388 e. The Morgan fingerprint density at radius 3 is 2.44 bits per heavy atom. The molecule has 0 heterocycles. The Morgan fingerprint density at radius 1 is 1.22 bits per heavy atom. The number of aliphatic hydroxyl groups excluding tert-OH is 1. The maximum absolute atomic E-state index is 10.6. The number of aliphatic hydroxyl groups is 1. The molecule has 0 saturated heterocycles. The van der Waals surface area contributed by atoms with E-state index in [0.29, 0.717) is 27.4 Å². The van der Waals surface area contributed by atoms with Crippen LogP contribution >= 0.6 is 23.2 Å². The molecule has 100 valence electrons. The largest absolute Gasteiger partial charge is 0.388 e. The highest BCUT2D eigenvalue weighted by molar-refractivity contribution is 6.36. The van der Waals surface area contributed by atoms with Crippen LogP contribution in [0.15, 0.2) is 18.2 Å². The average Bonchev–Trinajstić information content (AvgIpc) is 2.38. The van der Waals surface area contributed by atoms with Gasteiger partial charge in [0.15, 0.2) is 0 Å².